The molecule has 0 saturated carbocycles. The predicted molar refractivity (Wildman–Crippen MR) is 95.9 cm³/mol. The molecule has 1 aliphatic rings. The van der Waals surface area contributed by atoms with Gasteiger partial charge >= 0.3 is 0 Å². The maximum atomic E-state index is 13.1. The van der Waals surface area contributed by atoms with Crippen LogP contribution in [0.3, 0.4) is 0 Å². The topological polar surface area (TPSA) is 68.1 Å². The molecule has 4 rings (SSSR count). The Morgan fingerprint density at radius 1 is 0.963 bits per heavy atom. The first-order chi connectivity index (χ1) is 13.1. The van der Waals surface area contributed by atoms with Gasteiger partial charge in [0.05, 0.1) is 24.0 Å². The second kappa shape index (κ2) is 7.11. The Kier molecular flexibility index (Phi) is 4.50. The number of likely N-dealkylation sites (tertiary alicyclic amines) is 1. The molecule has 1 atom stereocenters. The highest BCUT2D eigenvalue weighted by Crippen LogP contribution is 2.24. The molecule has 0 N–H and O–H groups in total. The first kappa shape index (κ1) is 17.1. The van der Waals surface area contributed by atoms with E-state index >= 15 is 0 Å². The number of carbonyl (C=O) groups excluding carboxylic acids is 2. The van der Waals surface area contributed by atoms with Crippen molar-refractivity contribution in [1.29, 1.82) is 0 Å². The number of hydrogen-bond donors (Lipinski definition) is 0. The molecule has 1 unspecified atom stereocenters. The Hall–Kier alpha value is -3.35. The van der Waals surface area contributed by atoms with Gasteiger partial charge in [0.25, 0.3) is 5.91 Å². The van der Waals surface area contributed by atoms with Crippen molar-refractivity contribution in [2.45, 2.75) is 12.5 Å². The van der Waals surface area contributed by atoms with Crippen LogP contribution in [-0.2, 0) is 0 Å². The van der Waals surface area contributed by atoms with Gasteiger partial charge in [-0.1, -0.05) is 18.2 Å². The highest BCUT2D eigenvalue weighted by molar-refractivity contribution is 6.15. The number of benzene rings is 2. The molecule has 6 nitrogen and oxygen atoms in total. The number of rotatable bonds is 4. The third-order valence-electron chi connectivity index (χ3n) is 4.72. The molecule has 0 radical (unpaired) electrons. The van der Waals surface area contributed by atoms with Crippen molar-refractivity contribution in [2.75, 3.05) is 13.1 Å². The third kappa shape index (κ3) is 3.36. The molecule has 1 amide bonds. The van der Waals surface area contributed by atoms with Crippen LogP contribution in [0.25, 0.3) is 0 Å². The zero-order valence-electron chi connectivity index (χ0n) is 14.5. The van der Waals surface area contributed by atoms with Gasteiger partial charge in [-0.15, -0.1) is 0 Å². The van der Waals surface area contributed by atoms with Crippen LogP contribution in [0.1, 0.15) is 38.7 Å². The average molecular weight is 364 g/mol. The second-order valence-corrected chi connectivity index (χ2v) is 6.42. The van der Waals surface area contributed by atoms with Gasteiger partial charge in [0, 0.05) is 24.2 Å². The highest BCUT2D eigenvalue weighted by atomic mass is 19.1. The van der Waals surface area contributed by atoms with Crippen LogP contribution in [0.15, 0.2) is 60.9 Å². The summed E-state index contributed by atoms with van der Waals surface area (Å²) in [7, 11) is 0. The molecule has 2 heterocycles. The molecule has 1 saturated heterocycles. The minimum Gasteiger partial charge on any atom is -0.336 e. The second-order valence-electron chi connectivity index (χ2n) is 6.42. The van der Waals surface area contributed by atoms with E-state index in [1.165, 1.54) is 24.3 Å². The lowest BCUT2D eigenvalue weighted by atomic mass is 9.97. The lowest BCUT2D eigenvalue weighted by molar-refractivity contribution is 0.0781. The van der Waals surface area contributed by atoms with Crippen LogP contribution in [0, 0.1) is 5.82 Å². The highest BCUT2D eigenvalue weighted by Gasteiger charge is 2.30. The standard InChI is InChI=1S/C20H17FN4O2/c21-15-7-5-14(6-8-15)19(26)17-3-1-2-4-18(17)20(27)24-12-9-16(13-24)25-22-10-11-23-25/h1-8,10-11,16H,9,12-13H2. The number of ketones is 1. The summed E-state index contributed by atoms with van der Waals surface area (Å²) in [5.74, 6) is -0.912. The van der Waals surface area contributed by atoms with Gasteiger partial charge in [0.2, 0.25) is 0 Å². The number of carbonyl (C=O) groups is 2. The van der Waals surface area contributed by atoms with E-state index in [0.717, 1.165) is 6.42 Å². The van der Waals surface area contributed by atoms with Crippen molar-refractivity contribution in [3.63, 3.8) is 0 Å². The van der Waals surface area contributed by atoms with Crippen LogP contribution in [-0.4, -0.2) is 44.7 Å². The normalized spacial score (nSPS) is 16.5. The van der Waals surface area contributed by atoms with Crippen LogP contribution < -0.4 is 0 Å². The van der Waals surface area contributed by atoms with Crippen LogP contribution in [0.4, 0.5) is 4.39 Å². The molecular weight excluding hydrogens is 347 g/mol. The van der Waals surface area contributed by atoms with Crippen molar-refractivity contribution in [1.82, 2.24) is 19.9 Å². The molecule has 0 aliphatic carbocycles. The Labute approximate surface area is 155 Å². The Balaban J connectivity index is 1.58. The SMILES string of the molecule is O=C(c1ccc(F)cc1)c1ccccc1C(=O)N1CCC(n2nccn2)C1. The van der Waals surface area contributed by atoms with Gasteiger partial charge in [0.1, 0.15) is 5.82 Å². The summed E-state index contributed by atoms with van der Waals surface area (Å²) < 4.78 is 13.1. The number of nitrogens with zero attached hydrogens (tertiary/aromatic N) is 4. The molecule has 27 heavy (non-hydrogen) atoms. The minimum atomic E-state index is -0.411. The van der Waals surface area contributed by atoms with Crippen LogP contribution >= 0.6 is 0 Å². The van der Waals surface area contributed by atoms with Crippen molar-refractivity contribution < 1.29 is 14.0 Å². The van der Waals surface area contributed by atoms with Crippen LogP contribution in [0.5, 0.6) is 0 Å². The van der Waals surface area contributed by atoms with Crippen LogP contribution in [0.2, 0.25) is 0 Å². The monoisotopic (exact) mass is 364 g/mol. The number of aromatic nitrogens is 3. The van der Waals surface area contributed by atoms with Gasteiger partial charge in [-0.25, -0.2) is 4.39 Å². The van der Waals surface area contributed by atoms with Crippen molar-refractivity contribution in [3.05, 3.63) is 83.4 Å². The van der Waals surface area contributed by atoms with E-state index in [2.05, 4.69) is 10.2 Å². The quantitative estimate of drug-likeness (QED) is 0.668. The fourth-order valence-corrected chi connectivity index (χ4v) is 3.32. The van der Waals surface area contributed by atoms with E-state index in [9.17, 15) is 14.0 Å². The van der Waals surface area contributed by atoms with E-state index < -0.39 is 5.82 Å². The average Bonchev–Trinajstić information content (AvgIpc) is 3.39. The van der Waals surface area contributed by atoms with Gasteiger partial charge in [0.15, 0.2) is 5.78 Å². The molecule has 2 aromatic carbocycles. The Morgan fingerprint density at radius 2 is 1.63 bits per heavy atom. The Bertz CT molecular complexity index is 970. The minimum absolute atomic E-state index is 0.0314. The molecule has 0 bridgehead atoms. The largest absolute Gasteiger partial charge is 0.336 e. The summed E-state index contributed by atoms with van der Waals surface area (Å²) in [6, 6.07) is 12.1. The third-order valence-corrected chi connectivity index (χ3v) is 4.72. The predicted octanol–water partition coefficient (Wildman–Crippen LogP) is 2.74. The fraction of sp³-hybridized carbons (Fsp3) is 0.200. The van der Waals surface area contributed by atoms with Gasteiger partial charge in [-0.3, -0.25) is 9.59 Å². The van der Waals surface area contributed by atoms with E-state index in [4.69, 9.17) is 0 Å². The molecule has 3 aromatic rings. The molecule has 0 spiro atoms. The smallest absolute Gasteiger partial charge is 0.254 e. The summed E-state index contributed by atoms with van der Waals surface area (Å²) in [5.41, 5.74) is 1.01. The molecule has 1 aliphatic heterocycles. The number of amides is 1. The van der Waals surface area contributed by atoms with Gasteiger partial charge in [-0.2, -0.15) is 15.0 Å². The zero-order valence-corrected chi connectivity index (χ0v) is 14.5. The summed E-state index contributed by atoms with van der Waals surface area (Å²) >= 11 is 0. The van der Waals surface area contributed by atoms with Gasteiger partial charge < -0.3 is 4.90 Å². The van der Waals surface area contributed by atoms with E-state index in [1.807, 2.05) is 0 Å². The van der Waals surface area contributed by atoms with Crippen molar-refractivity contribution >= 4 is 11.7 Å². The molecule has 1 fully saturated rings. The maximum absolute atomic E-state index is 13.1. The number of halogens is 1. The van der Waals surface area contributed by atoms with Gasteiger partial charge in [-0.05, 0) is 36.8 Å². The lowest BCUT2D eigenvalue weighted by Crippen LogP contribution is -2.30. The molecular formula is C20H17FN4O2. The fourth-order valence-electron chi connectivity index (χ4n) is 3.32. The summed E-state index contributed by atoms with van der Waals surface area (Å²) in [5, 5.41) is 8.28. The number of hydrogen-bond acceptors (Lipinski definition) is 4. The maximum Gasteiger partial charge on any atom is 0.254 e. The van der Waals surface area contributed by atoms with E-state index in [1.54, 1.807) is 46.4 Å². The summed E-state index contributed by atoms with van der Waals surface area (Å²) in [6.07, 6.45) is 3.98. The molecule has 7 heteroatoms. The summed E-state index contributed by atoms with van der Waals surface area (Å²) in [4.78, 5) is 29.2. The van der Waals surface area contributed by atoms with Crippen molar-refractivity contribution in [2.24, 2.45) is 0 Å². The zero-order chi connectivity index (χ0) is 18.8. The van der Waals surface area contributed by atoms with Crippen molar-refractivity contribution in [3.8, 4) is 0 Å². The van der Waals surface area contributed by atoms with E-state index in [-0.39, 0.29) is 17.7 Å². The van der Waals surface area contributed by atoms with E-state index in [0.29, 0.717) is 29.8 Å². The molecule has 136 valence electrons. The molecule has 1 aromatic heterocycles. The first-order valence-corrected chi connectivity index (χ1v) is 8.68. The summed E-state index contributed by atoms with van der Waals surface area (Å²) in [6.45, 7) is 1.07. The lowest BCUT2D eigenvalue weighted by Gasteiger charge is -2.18. The Morgan fingerprint density at radius 3 is 2.33 bits per heavy atom. The first-order valence-electron chi connectivity index (χ1n) is 8.68.